The summed E-state index contributed by atoms with van der Waals surface area (Å²) < 4.78 is 0. The van der Waals surface area contributed by atoms with E-state index in [0.29, 0.717) is 23.4 Å². The summed E-state index contributed by atoms with van der Waals surface area (Å²) >= 11 is 0. The van der Waals surface area contributed by atoms with Crippen LogP contribution in [0.4, 0.5) is 0 Å². The first-order valence-corrected chi connectivity index (χ1v) is 9.89. The predicted octanol–water partition coefficient (Wildman–Crippen LogP) is 2.49. The maximum atomic E-state index is 12.9. The van der Waals surface area contributed by atoms with Crippen LogP contribution in [0.25, 0.3) is 0 Å². The van der Waals surface area contributed by atoms with Crippen molar-refractivity contribution in [2.24, 2.45) is 11.8 Å². The molecule has 3 aliphatic rings. The van der Waals surface area contributed by atoms with E-state index in [4.69, 9.17) is 0 Å². The molecule has 5 heteroatoms. The molecule has 0 unspecified atom stereocenters. The third-order valence-corrected chi connectivity index (χ3v) is 6.46. The van der Waals surface area contributed by atoms with Gasteiger partial charge in [-0.3, -0.25) is 14.5 Å². The van der Waals surface area contributed by atoms with E-state index in [1.807, 2.05) is 4.90 Å². The number of carbonyl (C=O) groups excluding carboxylic acids is 1. The highest BCUT2D eigenvalue weighted by molar-refractivity contribution is 5.94. The minimum atomic E-state index is -0.160. The van der Waals surface area contributed by atoms with E-state index in [-0.39, 0.29) is 11.5 Å². The van der Waals surface area contributed by atoms with Crippen molar-refractivity contribution >= 4 is 5.91 Å². The Balaban J connectivity index is 1.49. The number of piperidine rings is 3. The van der Waals surface area contributed by atoms with Crippen molar-refractivity contribution in [2.75, 3.05) is 19.6 Å². The standard InChI is InChI=1S/C20H29N3O2/c1-2-4-17-5-3-6-18-16-9-14(12-23(17)18)11-22(13-16)20(25)15-7-8-19(24)21-10-15/h7-8,10,14,16-18H,2-6,9,11-13H2,1H3,(H,21,24)/t14-,16+,17-,18-/m0/s1. The summed E-state index contributed by atoms with van der Waals surface area (Å²) in [7, 11) is 0. The number of fused-ring (bicyclic) bond motifs is 4. The smallest absolute Gasteiger partial charge is 0.255 e. The summed E-state index contributed by atoms with van der Waals surface area (Å²) in [5.41, 5.74) is 0.441. The molecule has 4 heterocycles. The lowest BCUT2D eigenvalue weighted by Crippen LogP contribution is -2.62. The van der Waals surface area contributed by atoms with Gasteiger partial charge in [0.2, 0.25) is 5.56 Å². The number of aromatic nitrogens is 1. The second kappa shape index (κ2) is 6.94. The molecule has 0 aliphatic carbocycles. The van der Waals surface area contributed by atoms with E-state index >= 15 is 0 Å². The van der Waals surface area contributed by atoms with Crippen LogP contribution in [-0.2, 0) is 0 Å². The minimum Gasteiger partial charge on any atom is -0.338 e. The highest BCUT2D eigenvalue weighted by Gasteiger charge is 2.45. The van der Waals surface area contributed by atoms with Gasteiger partial charge in [0.05, 0.1) is 5.56 Å². The van der Waals surface area contributed by atoms with Gasteiger partial charge in [-0.2, -0.15) is 0 Å². The summed E-state index contributed by atoms with van der Waals surface area (Å²) in [6.45, 7) is 5.17. The van der Waals surface area contributed by atoms with E-state index in [1.54, 1.807) is 12.3 Å². The molecule has 4 atom stereocenters. The molecule has 2 bridgehead atoms. The van der Waals surface area contributed by atoms with Crippen molar-refractivity contribution < 1.29 is 4.79 Å². The largest absolute Gasteiger partial charge is 0.338 e. The first kappa shape index (κ1) is 16.8. The summed E-state index contributed by atoms with van der Waals surface area (Å²) in [5.74, 6) is 1.28. The SMILES string of the molecule is CCC[C@H]1CCC[C@H]2[C@@H]3C[C@@H](CN(C(=O)c4ccc(=O)[nH]c4)C3)CN12. The van der Waals surface area contributed by atoms with Gasteiger partial charge in [0, 0.05) is 44.0 Å². The van der Waals surface area contributed by atoms with Crippen molar-refractivity contribution in [3.05, 3.63) is 34.2 Å². The molecule has 3 fully saturated rings. The lowest BCUT2D eigenvalue weighted by Gasteiger charge is -2.55. The molecule has 0 spiro atoms. The van der Waals surface area contributed by atoms with Crippen LogP contribution in [-0.4, -0.2) is 52.4 Å². The van der Waals surface area contributed by atoms with Gasteiger partial charge in [-0.1, -0.05) is 19.8 Å². The molecule has 1 aromatic rings. The van der Waals surface area contributed by atoms with Crippen LogP contribution >= 0.6 is 0 Å². The lowest BCUT2D eigenvalue weighted by molar-refractivity contribution is -0.0519. The Kier molecular flexibility index (Phi) is 4.67. The summed E-state index contributed by atoms with van der Waals surface area (Å²) in [5, 5.41) is 0. The van der Waals surface area contributed by atoms with E-state index < -0.39 is 0 Å². The minimum absolute atomic E-state index is 0.0697. The number of hydrogen-bond acceptors (Lipinski definition) is 3. The topological polar surface area (TPSA) is 56.4 Å². The number of likely N-dealkylation sites (tertiary alicyclic amines) is 1. The van der Waals surface area contributed by atoms with Crippen molar-refractivity contribution in [3.63, 3.8) is 0 Å². The lowest BCUT2D eigenvalue weighted by atomic mass is 9.74. The number of carbonyl (C=O) groups is 1. The molecule has 0 radical (unpaired) electrons. The number of rotatable bonds is 3. The zero-order chi connectivity index (χ0) is 17.4. The number of nitrogens with one attached hydrogen (secondary N) is 1. The molecule has 3 saturated heterocycles. The summed E-state index contributed by atoms with van der Waals surface area (Å²) in [4.78, 5) is 31.6. The Hall–Kier alpha value is -1.62. The highest BCUT2D eigenvalue weighted by Crippen LogP contribution is 2.40. The van der Waals surface area contributed by atoms with E-state index in [9.17, 15) is 9.59 Å². The molecule has 25 heavy (non-hydrogen) atoms. The van der Waals surface area contributed by atoms with E-state index in [0.717, 1.165) is 25.7 Å². The van der Waals surface area contributed by atoms with Crippen molar-refractivity contribution in [2.45, 2.75) is 57.5 Å². The Bertz CT molecular complexity index is 663. The second-order valence-electron chi connectivity index (χ2n) is 8.15. The average molecular weight is 343 g/mol. The highest BCUT2D eigenvalue weighted by atomic mass is 16.2. The third-order valence-electron chi connectivity index (χ3n) is 6.46. The molecule has 4 rings (SSSR count). The van der Waals surface area contributed by atoms with Crippen LogP contribution in [0.5, 0.6) is 0 Å². The molecular weight excluding hydrogens is 314 g/mol. The molecule has 1 amide bonds. The van der Waals surface area contributed by atoms with Gasteiger partial charge in [-0.15, -0.1) is 0 Å². The fraction of sp³-hybridized carbons (Fsp3) is 0.700. The van der Waals surface area contributed by atoms with Crippen LogP contribution in [0.1, 0.15) is 55.8 Å². The van der Waals surface area contributed by atoms with Crippen LogP contribution < -0.4 is 5.56 Å². The van der Waals surface area contributed by atoms with E-state index in [1.165, 1.54) is 44.6 Å². The van der Waals surface area contributed by atoms with Gasteiger partial charge >= 0.3 is 0 Å². The average Bonchev–Trinajstić information content (AvgIpc) is 2.62. The molecule has 136 valence electrons. The number of aromatic amines is 1. The maximum Gasteiger partial charge on any atom is 0.255 e. The summed E-state index contributed by atoms with van der Waals surface area (Å²) in [6, 6.07) is 4.51. The van der Waals surface area contributed by atoms with Gasteiger partial charge in [0.25, 0.3) is 5.91 Å². The number of amides is 1. The first-order valence-electron chi connectivity index (χ1n) is 9.89. The monoisotopic (exact) mass is 343 g/mol. The molecule has 3 aliphatic heterocycles. The summed E-state index contributed by atoms with van der Waals surface area (Å²) in [6.07, 6.45) is 9.38. The third kappa shape index (κ3) is 3.26. The van der Waals surface area contributed by atoms with E-state index in [2.05, 4.69) is 16.8 Å². The number of nitrogens with zero attached hydrogens (tertiary/aromatic N) is 2. The van der Waals surface area contributed by atoms with Crippen LogP contribution in [0, 0.1) is 11.8 Å². The predicted molar refractivity (Wildman–Crippen MR) is 97.6 cm³/mol. The zero-order valence-electron chi connectivity index (χ0n) is 15.1. The van der Waals surface area contributed by atoms with Crippen molar-refractivity contribution in [3.8, 4) is 0 Å². The number of pyridine rings is 1. The fourth-order valence-electron chi connectivity index (χ4n) is 5.45. The van der Waals surface area contributed by atoms with Crippen LogP contribution in [0.3, 0.4) is 0 Å². The van der Waals surface area contributed by atoms with Gasteiger partial charge in [-0.05, 0) is 43.6 Å². The van der Waals surface area contributed by atoms with Gasteiger partial charge in [0.15, 0.2) is 0 Å². The van der Waals surface area contributed by atoms with Crippen molar-refractivity contribution in [1.82, 2.24) is 14.8 Å². The molecule has 0 saturated carbocycles. The van der Waals surface area contributed by atoms with Crippen molar-refractivity contribution in [1.29, 1.82) is 0 Å². The maximum absolute atomic E-state index is 12.9. The quantitative estimate of drug-likeness (QED) is 0.917. The Labute approximate surface area is 149 Å². The fourth-order valence-corrected chi connectivity index (χ4v) is 5.45. The molecule has 1 N–H and O–H groups in total. The van der Waals surface area contributed by atoms with Gasteiger partial charge < -0.3 is 9.88 Å². The van der Waals surface area contributed by atoms with Crippen LogP contribution in [0.2, 0.25) is 0 Å². The second-order valence-corrected chi connectivity index (χ2v) is 8.15. The zero-order valence-corrected chi connectivity index (χ0v) is 15.1. The normalized spacial score (nSPS) is 32.3. The number of hydrogen-bond donors (Lipinski definition) is 1. The molecule has 5 nitrogen and oxygen atoms in total. The Morgan fingerprint density at radius 1 is 1.24 bits per heavy atom. The molecular formula is C20H29N3O2. The Morgan fingerprint density at radius 3 is 2.88 bits per heavy atom. The first-order chi connectivity index (χ1) is 12.2. The number of H-pyrrole nitrogens is 1. The molecule has 0 aromatic carbocycles. The Morgan fingerprint density at radius 2 is 2.12 bits per heavy atom. The van der Waals surface area contributed by atoms with Gasteiger partial charge in [0.1, 0.15) is 0 Å². The molecule has 1 aromatic heterocycles. The van der Waals surface area contributed by atoms with Gasteiger partial charge in [-0.25, -0.2) is 0 Å². The van der Waals surface area contributed by atoms with Crippen LogP contribution in [0.15, 0.2) is 23.1 Å².